The van der Waals surface area contributed by atoms with Gasteiger partial charge in [-0.1, -0.05) is 41.5 Å². The van der Waals surface area contributed by atoms with Crippen LogP contribution in [0, 0.1) is 0 Å². The molecular formula is C25H26BrCl3N2O3S. The second-order valence-electron chi connectivity index (χ2n) is 8.18. The van der Waals surface area contributed by atoms with E-state index in [0.29, 0.717) is 60.2 Å². The molecule has 2 aromatic carbocycles. The Morgan fingerprint density at radius 1 is 1.17 bits per heavy atom. The Hall–Kier alpha value is -1.35. The predicted octanol–water partition coefficient (Wildman–Crippen LogP) is 7.40. The molecule has 1 saturated heterocycles. The molecule has 1 aromatic heterocycles. The average molecular weight is 621 g/mol. The van der Waals surface area contributed by atoms with Gasteiger partial charge in [0.1, 0.15) is 5.75 Å². The van der Waals surface area contributed by atoms with Crippen LogP contribution in [0.3, 0.4) is 0 Å². The summed E-state index contributed by atoms with van der Waals surface area (Å²) in [5.41, 5.74) is 2.80. The zero-order chi connectivity index (χ0) is 24.6. The van der Waals surface area contributed by atoms with E-state index < -0.39 is 5.97 Å². The average Bonchev–Trinajstić information content (AvgIpc) is 3.42. The van der Waals surface area contributed by atoms with Crippen LogP contribution in [0.1, 0.15) is 53.9 Å². The molecule has 10 heteroatoms. The van der Waals surface area contributed by atoms with Crippen LogP contribution in [0.4, 0.5) is 0 Å². The van der Waals surface area contributed by atoms with Gasteiger partial charge in [-0.3, -0.25) is 4.90 Å². The predicted molar refractivity (Wildman–Crippen MR) is 152 cm³/mol. The van der Waals surface area contributed by atoms with Crippen molar-refractivity contribution in [1.29, 1.82) is 0 Å². The van der Waals surface area contributed by atoms with Crippen LogP contribution in [0.5, 0.6) is 5.75 Å². The number of rotatable bonds is 7. The first-order valence-corrected chi connectivity index (χ1v) is 13.2. The minimum atomic E-state index is -0.496. The van der Waals surface area contributed by atoms with Crippen LogP contribution in [-0.4, -0.2) is 45.1 Å². The van der Waals surface area contributed by atoms with Crippen LogP contribution < -0.4 is 0 Å². The number of phenolic OH excluding ortho intramolecular Hbond substituents is 1. The first kappa shape index (κ1) is 28.2. The number of halogens is 4. The number of likely N-dealkylation sites (tertiary alicyclic amines) is 1. The van der Waals surface area contributed by atoms with Gasteiger partial charge in [-0.15, -0.1) is 12.4 Å². The summed E-state index contributed by atoms with van der Waals surface area (Å²) in [5.74, 6) is -0.379. The molecule has 0 saturated carbocycles. The van der Waals surface area contributed by atoms with Crippen molar-refractivity contribution in [2.75, 3.05) is 19.7 Å². The lowest BCUT2D eigenvalue weighted by atomic mass is 10.00. The van der Waals surface area contributed by atoms with Crippen molar-refractivity contribution in [3.63, 3.8) is 0 Å². The maximum absolute atomic E-state index is 13.4. The molecule has 1 aliphatic rings. The third-order valence-electron chi connectivity index (χ3n) is 6.16. The van der Waals surface area contributed by atoms with Crippen molar-refractivity contribution in [1.82, 2.24) is 9.47 Å². The normalized spacial score (nSPS) is 13.7. The van der Waals surface area contributed by atoms with E-state index in [9.17, 15) is 9.90 Å². The molecule has 0 unspecified atom stereocenters. The molecule has 188 valence electrons. The van der Waals surface area contributed by atoms with E-state index in [2.05, 4.69) is 20.8 Å². The molecule has 0 aliphatic carbocycles. The minimum absolute atomic E-state index is 0. The highest BCUT2D eigenvalue weighted by Crippen LogP contribution is 2.42. The topological polar surface area (TPSA) is 54.7 Å². The van der Waals surface area contributed by atoms with Crippen LogP contribution in [0.2, 0.25) is 10.0 Å². The van der Waals surface area contributed by atoms with Gasteiger partial charge in [0.05, 0.1) is 42.8 Å². The first-order chi connectivity index (χ1) is 16.3. The molecule has 35 heavy (non-hydrogen) atoms. The number of phenols is 1. The SMILES string of the molecule is CCOC(=O)c1c(C(=S)c2c(Cl)cccc2Cl)n(CC)c2cc(Br)c(O)c(CN3CCCC3)c12.Cl. The Morgan fingerprint density at radius 3 is 2.37 bits per heavy atom. The highest BCUT2D eigenvalue weighted by atomic mass is 79.9. The van der Waals surface area contributed by atoms with Crippen LogP contribution in [0.25, 0.3) is 10.9 Å². The Balaban J connectivity index is 0.00000342. The van der Waals surface area contributed by atoms with E-state index in [1.165, 1.54) is 0 Å². The number of aryl methyl sites for hydroxylation is 1. The fourth-order valence-corrected chi connectivity index (χ4v) is 6.25. The number of nitrogens with zero attached hydrogens (tertiary/aromatic N) is 2. The summed E-state index contributed by atoms with van der Waals surface area (Å²) in [7, 11) is 0. The molecule has 1 fully saturated rings. The van der Waals surface area contributed by atoms with E-state index >= 15 is 0 Å². The minimum Gasteiger partial charge on any atom is -0.506 e. The van der Waals surface area contributed by atoms with Gasteiger partial charge in [0.15, 0.2) is 0 Å². The van der Waals surface area contributed by atoms with Crippen LogP contribution in [0.15, 0.2) is 28.7 Å². The lowest BCUT2D eigenvalue weighted by Crippen LogP contribution is -2.19. The smallest absolute Gasteiger partial charge is 0.341 e. The van der Waals surface area contributed by atoms with Crippen molar-refractivity contribution in [2.45, 2.75) is 39.8 Å². The third-order valence-corrected chi connectivity index (χ3v) is 7.79. The quantitative estimate of drug-likeness (QED) is 0.170. The molecule has 4 rings (SSSR count). The summed E-state index contributed by atoms with van der Waals surface area (Å²) in [6.07, 6.45) is 2.22. The number of hydrogen-bond acceptors (Lipinski definition) is 5. The third kappa shape index (κ3) is 5.22. The maximum atomic E-state index is 13.4. The number of carbonyl (C=O) groups excluding carboxylic acids is 1. The number of esters is 1. The summed E-state index contributed by atoms with van der Waals surface area (Å²) < 4.78 is 8.03. The van der Waals surface area contributed by atoms with Gasteiger partial charge in [0, 0.05) is 29.6 Å². The van der Waals surface area contributed by atoms with Gasteiger partial charge in [0.25, 0.3) is 0 Å². The van der Waals surface area contributed by atoms with E-state index in [1.54, 1.807) is 25.1 Å². The largest absolute Gasteiger partial charge is 0.506 e. The second-order valence-corrected chi connectivity index (χ2v) is 10.3. The Morgan fingerprint density at radius 2 is 1.80 bits per heavy atom. The lowest BCUT2D eigenvalue weighted by molar-refractivity contribution is 0.0528. The van der Waals surface area contributed by atoms with Gasteiger partial charge >= 0.3 is 5.97 Å². The number of ether oxygens (including phenoxy) is 1. The number of carbonyl (C=O) groups is 1. The van der Waals surface area contributed by atoms with E-state index in [1.807, 2.05) is 17.6 Å². The molecule has 0 atom stereocenters. The fourth-order valence-electron chi connectivity index (χ4n) is 4.66. The highest BCUT2D eigenvalue weighted by molar-refractivity contribution is 9.10. The monoisotopic (exact) mass is 618 g/mol. The van der Waals surface area contributed by atoms with Crippen LogP contribution in [-0.2, 0) is 17.8 Å². The number of thiocarbonyl (C=S) groups is 1. The molecule has 1 aliphatic heterocycles. The first-order valence-electron chi connectivity index (χ1n) is 11.2. The summed E-state index contributed by atoms with van der Waals surface area (Å²) in [6, 6.07) is 7.02. The Bertz CT molecular complexity index is 1270. The summed E-state index contributed by atoms with van der Waals surface area (Å²) in [5, 5.41) is 12.6. The zero-order valence-electron chi connectivity index (χ0n) is 19.4. The van der Waals surface area contributed by atoms with Crippen LogP contribution >= 0.6 is 63.8 Å². The molecule has 5 nitrogen and oxygen atoms in total. The summed E-state index contributed by atoms with van der Waals surface area (Å²) >= 11 is 22.4. The second kappa shape index (κ2) is 11.8. The number of aromatic hydroxyl groups is 1. The summed E-state index contributed by atoms with van der Waals surface area (Å²) in [6.45, 7) is 6.89. The van der Waals surface area contributed by atoms with Gasteiger partial charge in [-0.05, 0) is 73.9 Å². The fraction of sp³-hybridized carbons (Fsp3) is 0.360. The Kier molecular flexibility index (Phi) is 9.51. The van der Waals surface area contributed by atoms with Crippen molar-refractivity contribution >= 4 is 85.5 Å². The molecular weight excluding hydrogens is 595 g/mol. The Labute approximate surface area is 234 Å². The molecule has 0 radical (unpaired) electrons. The van der Waals surface area contributed by atoms with E-state index in [-0.39, 0.29) is 24.8 Å². The van der Waals surface area contributed by atoms with E-state index in [4.69, 9.17) is 40.2 Å². The molecule has 0 spiro atoms. The highest BCUT2D eigenvalue weighted by Gasteiger charge is 2.32. The van der Waals surface area contributed by atoms with Gasteiger partial charge in [-0.25, -0.2) is 4.79 Å². The maximum Gasteiger partial charge on any atom is 0.341 e. The number of benzene rings is 2. The number of fused-ring (bicyclic) bond motifs is 1. The zero-order valence-corrected chi connectivity index (χ0v) is 24.1. The van der Waals surface area contributed by atoms with Gasteiger partial charge in [-0.2, -0.15) is 0 Å². The molecule has 2 heterocycles. The molecule has 3 aromatic rings. The van der Waals surface area contributed by atoms with Crippen molar-refractivity contribution in [3.8, 4) is 5.75 Å². The lowest BCUT2D eigenvalue weighted by Gasteiger charge is -2.18. The molecule has 0 amide bonds. The van der Waals surface area contributed by atoms with Gasteiger partial charge in [0.2, 0.25) is 0 Å². The number of aromatic nitrogens is 1. The van der Waals surface area contributed by atoms with Gasteiger partial charge < -0.3 is 14.4 Å². The number of hydrogen-bond donors (Lipinski definition) is 1. The van der Waals surface area contributed by atoms with Crippen molar-refractivity contribution in [3.05, 3.63) is 61.2 Å². The summed E-state index contributed by atoms with van der Waals surface area (Å²) in [4.78, 5) is 16.1. The molecule has 1 N–H and O–H groups in total. The standard InChI is InChI=1S/C25H25BrCl2N2O3S.ClH/c1-3-30-18-12-15(26)23(31)14(13-29-10-5-6-11-29)19(18)21(25(32)33-4-2)22(30)24(34)20-16(27)8-7-9-17(20)28;/h7-9,12,31H,3-6,10-11,13H2,1-2H3;1H. The molecule has 0 bridgehead atoms. The van der Waals surface area contributed by atoms with Crippen molar-refractivity contribution < 1.29 is 14.6 Å². The van der Waals surface area contributed by atoms with Crippen molar-refractivity contribution in [2.24, 2.45) is 0 Å². The van der Waals surface area contributed by atoms with E-state index in [0.717, 1.165) is 31.4 Å².